The van der Waals surface area contributed by atoms with Gasteiger partial charge in [-0.15, -0.1) is 11.8 Å². The molecule has 2 aromatic rings. The average Bonchev–Trinajstić information content (AvgIpc) is 3.17. The van der Waals surface area contributed by atoms with Gasteiger partial charge in [0.05, 0.1) is 17.1 Å². The van der Waals surface area contributed by atoms with Gasteiger partial charge in [-0.2, -0.15) is 0 Å². The van der Waals surface area contributed by atoms with Gasteiger partial charge < -0.3 is 9.30 Å². The first-order valence-corrected chi connectivity index (χ1v) is 12.0. The highest BCUT2D eigenvalue weighted by atomic mass is 32.2. The van der Waals surface area contributed by atoms with Crippen molar-refractivity contribution >= 4 is 33.4 Å². The smallest absolute Gasteiger partial charge is 0.338 e. The SMILES string of the molecule is CSc1ccc(C(=O)OCC(=O)c2cc(C)n([C@@H]3CCS(=O)(=O)C3)c2C)cc1. The summed E-state index contributed by atoms with van der Waals surface area (Å²) >= 11 is 1.57. The minimum Gasteiger partial charge on any atom is -0.454 e. The lowest BCUT2D eigenvalue weighted by atomic mass is 10.1. The van der Waals surface area contributed by atoms with Crippen molar-refractivity contribution in [3.05, 3.63) is 52.8 Å². The summed E-state index contributed by atoms with van der Waals surface area (Å²) in [6.07, 6.45) is 2.50. The van der Waals surface area contributed by atoms with Crippen LogP contribution in [0.5, 0.6) is 0 Å². The number of esters is 1. The summed E-state index contributed by atoms with van der Waals surface area (Å²) in [7, 11) is -3.02. The molecule has 0 aliphatic carbocycles. The molecule has 3 rings (SSSR count). The number of nitrogens with zero attached hydrogens (tertiary/aromatic N) is 1. The molecule has 1 aliphatic heterocycles. The van der Waals surface area contributed by atoms with E-state index in [0.717, 1.165) is 10.6 Å². The summed E-state index contributed by atoms with van der Waals surface area (Å²) in [4.78, 5) is 25.8. The molecule has 0 unspecified atom stereocenters. The van der Waals surface area contributed by atoms with Gasteiger partial charge in [-0.1, -0.05) is 0 Å². The molecule has 0 saturated carbocycles. The minimum atomic E-state index is -3.02. The van der Waals surface area contributed by atoms with Crippen LogP contribution in [0, 0.1) is 13.8 Å². The van der Waals surface area contributed by atoms with Crippen LogP contribution in [-0.4, -0.2) is 49.1 Å². The van der Waals surface area contributed by atoms with E-state index >= 15 is 0 Å². The van der Waals surface area contributed by atoms with E-state index in [1.165, 1.54) is 0 Å². The van der Waals surface area contributed by atoms with Gasteiger partial charge in [-0.05, 0) is 56.9 Å². The van der Waals surface area contributed by atoms with Gasteiger partial charge in [-0.25, -0.2) is 13.2 Å². The summed E-state index contributed by atoms with van der Waals surface area (Å²) in [6, 6.07) is 8.59. The molecule has 1 atom stereocenters. The third-order valence-electron chi connectivity index (χ3n) is 5.02. The van der Waals surface area contributed by atoms with Gasteiger partial charge >= 0.3 is 5.97 Å². The molecular weight excluding hydrogens is 398 g/mol. The number of ketones is 1. The fourth-order valence-corrected chi connectivity index (χ4v) is 5.73. The van der Waals surface area contributed by atoms with Crippen molar-refractivity contribution in [3.63, 3.8) is 0 Å². The van der Waals surface area contributed by atoms with Gasteiger partial charge in [0, 0.05) is 27.9 Å². The first-order valence-electron chi connectivity index (χ1n) is 8.95. The van der Waals surface area contributed by atoms with Crippen LogP contribution in [0.2, 0.25) is 0 Å². The molecule has 1 fully saturated rings. The summed E-state index contributed by atoms with van der Waals surface area (Å²) in [6.45, 7) is 3.30. The van der Waals surface area contributed by atoms with Crippen molar-refractivity contribution in [1.82, 2.24) is 4.57 Å². The maximum atomic E-state index is 12.6. The Labute approximate surface area is 169 Å². The number of carbonyl (C=O) groups excluding carboxylic acids is 2. The molecule has 150 valence electrons. The third kappa shape index (κ3) is 4.33. The molecule has 2 heterocycles. The van der Waals surface area contributed by atoms with Crippen molar-refractivity contribution in [1.29, 1.82) is 0 Å². The molecule has 1 saturated heterocycles. The van der Waals surface area contributed by atoms with E-state index in [0.29, 0.717) is 23.2 Å². The maximum absolute atomic E-state index is 12.6. The number of ether oxygens (including phenoxy) is 1. The van der Waals surface area contributed by atoms with Crippen LogP contribution in [0.15, 0.2) is 35.2 Å². The predicted molar refractivity (Wildman–Crippen MR) is 109 cm³/mol. The van der Waals surface area contributed by atoms with E-state index in [4.69, 9.17) is 4.74 Å². The molecule has 1 aromatic carbocycles. The molecule has 1 aliphatic rings. The van der Waals surface area contributed by atoms with Gasteiger partial charge in [0.25, 0.3) is 0 Å². The highest BCUT2D eigenvalue weighted by Crippen LogP contribution is 2.29. The van der Waals surface area contributed by atoms with E-state index < -0.39 is 15.8 Å². The van der Waals surface area contributed by atoms with Crippen LogP contribution in [-0.2, 0) is 14.6 Å². The molecule has 0 radical (unpaired) electrons. The van der Waals surface area contributed by atoms with Crippen LogP contribution < -0.4 is 0 Å². The van der Waals surface area contributed by atoms with E-state index in [9.17, 15) is 18.0 Å². The fraction of sp³-hybridized carbons (Fsp3) is 0.400. The monoisotopic (exact) mass is 421 g/mol. The Balaban J connectivity index is 1.69. The van der Waals surface area contributed by atoms with Gasteiger partial charge in [-0.3, -0.25) is 4.79 Å². The maximum Gasteiger partial charge on any atom is 0.338 e. The number of hydrogen-bond acceptors (Lipinski definition) is 6. The van der Waals surface area contributed by atoms with Crippen molar-refractivity contribution in [2.45, 2.75) is 31.2 Å². The lowest BCUT2D eigenvalue weighted by Gasteiger charge is -2.16. The Kier molecular flexibility index (Phi) is 6.00. The highest BCUT2D eigenvalue weighted by molar-refractivity contribution is 7.98. The van der Waals surface area contributed by atoms with Crippen molar-refractivity contribution in [3.8, 4) is 0 Å². The molecule has 0 spiro atoms. The number of rotatable bonds is 6. The quantitative estimate of drug-likeness (QED) is 0.405. The zero-order chi connectivity index (χ0) is 20.5. The van der Waals surface area contributed by atoms with Gasteiger partial charge in [0.15, 0.2) is 16.4 Å². The summed E-state index contributed by atoms with van der Waals surface area (Å²) in [5, 5.41) is 0. The zero-order valence-corrected chi connectivity index (χ0v) is 17.7. The average molecular weight is 422 g/mol. The highest BCUT2D eigenvalue weighted by Gasteiger charge is 2.31. The van der Waals surface area contributed by atoms with E-state index in [-0.39, 0.29) is 29.9 Å². The number of carbonyl (C=O) groups is 2. The summed E-state index contributed by atoms with van der Waals surface area (Å²) < 4.78 is 30.7. The van der Waals surface area contributed by atoms with E-state index in [1.807, 2.05) is 29.9 Å². The second-order valence-corrected chi connectivity index (χ2v) is 10.0. The molecular formula is C20H23NO5S2. The number of aromatic nitrogens is 1. The number of thioether (sulfide) groups is 1. The first-order chi connectivity index (χ1) is 13.2. The molecule has 28 heavy (non-hydrogen) atoms. The Morgan fingerprint density at radius 1 is 1.21 bits per heavy atom. The number of benzene rings is 1. The fourth-order valence-electron chi connectivity index (χ4n) is 3.62. The van der Waals surface area contributed by atoms with Crippen molar-refractivity contribution in [2.75, 3.05) is 24.4 Å². The van der Waals surface area contributed by atoms with Crippen LogP contribution in [0.3, 0.4) is 0 Å². The zero-order valence-electron chi connectivity index (χ0n) is 16.1. The Morgan fingerprint density at radius 2 is 1.89 bits per heavy atom. The van der Waals surface area contributed by atoms with E-state index in [2.05, 4.69) is 0 Å². The Hall–Kier alpha value is -2.06. The topological polar surface area (TPSA) is 82.4 Å². The van der Waals surface area contributed by atoms with E-state index in [1.54, 1.807) is 36.9 Å². The normalized spacial score (nSPS) is 18.2. The number of Topliss-reactive ketones (excluding diaryl/α,β-unsaturated/α-hetero) is 1. The second kappa shape index (κ2) is 8.13. The minimum absolute atomic E-state index is 0.0953. The van der Waals surface area contributed by atoms with Gasteiger partial charge in [0.1, 0.15) is 0 Å². The number of aryl methyl sites for hydroxylation is 1. The lowest BCUT2D eigenvalue weighted by molar-refractivity contribution is 0.0474. The molecule has 8 heteroatoms. The van der Waals surface area contributed by atoms with Crippen LogP contribution in [0.4, 0.5) is 0 Å². The molecule has 6 nitrogen and oxygen atoms in total. The van der Waals surface area contributed by atoms with Gasteiger partial charge in [0.2, 0.25) is 5.78 Å². The van der Waals surface area contributed by atoms with Crippen LogP contribution in [0.25, 0.3) is 0 Å². The van der Waals surface area contributed by atoms with Crippen molar-refractivity contribution < 1.29 is 22.7 Å². The Bertz CT molecular complexity index is 1010. The standard InChI is InChI=1S/C20H23NO5S2/c1-13-10-18(14(2)21(13)16-8-9-28(24,25)12-16)19(22)11-26-20(23)15-4-6-17(27-3)7-5-15/h4-7,10,16H,8-9,11-12H2,1-3H3/t16-/m1/s1. The summed E-state index contributed by atoms with van der Waals surface area (Å²) in [5.74, 6) is -0.575. The Morgan fingerprint density at radius 3 is 2.46 bits per heavy atom. The number of hydrogen-bond donors (Lipinski definition) is 0. The largest absolute Gasteiger partial charge is 0.454 e. The lowest BCUT2D eigenvalue weighted by Crippen LogP contribution is -2.17. The second-order valence-electron chi connectivity index (χ2n) is 6.94. The van der Waals surface area contributed by atoms with Crippen LogP contribution in [0.1, 0.15) is 44.6 Å². The first kappa shape index (κ1) is 20.7. The molecule has 0 amide bonds. The third-order valence-corrected chi connectivity index (χ3v) is 7.51. The molecule has 1 aromatic heterocycles. The molecule has 0 N–H and O–H groups in total. The molecule has 0 bridgehead atoms. The predicted octanol–water partition coefficient (Wildman–Crippen LogP) is 3.23. The van der Waals surface area contributed by atoms with Crippen LogP contribution >= 0.6 is 11.8 Å². The summed E-state index contributed by atoms with van der Waals surface area (Å²) in [5.41, 5.74) is 2.41. The van der Waals surface area contributed by atoms with Crippen molar-refractivity contribution in [2.24, 2.45) is 0 Å². The number of sulfone groups is 1.